The van der Waals surface area contributed by atoms with E-state index in [1.165, 1.54) is 0 Å². The number of hydrogen-bond acceptors (Lipinski definition) is 5. The summed E-state index contributed by atoms with van der Waals surface area (Å²) < 4.78 is 26.6. The molecule has 124 valence electrons. The van der Waals surface area contributed by atoms with Crippen molar-refractivity contribution in [3.63, 3.8) is 0 Å². The molecule has 1 unspecified atom stereocenters. The number of aromatic nitrogens is 3. The van der Waals surface area contributed by atoms with E-state index in [9.17, 15) is 8.42 Å². The fraction of sp³-hybridized carbons (Fsp3) is 0.500. The third-order valence-electron chi connectivity index (χ3n) is 4.29. The molecule has 1 aromatic heterocycles. The normalized spacial score (nSPS) is 19.7. The van der Waals surface area contributed by atoms with Crippen LogP contribution in [-0.2, 0) is 16.4 Å². The molecule has 1 aliphatic rings. The van der Waals surface area contributed by atoms with Crippen molar-refractivity contribution in [2.45, 2.75) is 24.3 Å². The molecule has 1 saturated heterocycles. The molecule has 3 rings (SSSR count). The Balaban J connectivity index is 1.54. The second-order valence-corrected chi connectivity index (χ2v) is 8.17. The van der Waals surface area contributed by atoms with Crippen LogP contribution >= 0.6 is 0 Å². The second kappa shape index (κ2) is 7.23. The lowest BCUT2D eigenvalue weighted by Gasteiger charge is -2.32. The van der Waals surface area contributed by atoms with E-state index >= 15 is 0 Å². The van der Waals surface area contributed by atoms with Gasteiger partial charge in [0.25, 0.3) is 0 Å². The standard InChI is InChI=1S/C16H22N4O2S/c21-23(22,16-6-2-1-3-7-16)10-9-19-8-4-5-15(11-19)12-20-14-17-13-18-20/h1-3,6-7,13-15H,4-5,8-12H2. The number of hydrogen-bond donors (Lipinski definition) is 0. The number of sulfone groups is 1. The first kappa shape index (κ1) is 16.1. The molecule has 0 aliphatic carbocycles. The monoisotopic (exact) mass is 334 g/mol. The highest BCUT2D eigenvalue weighted by Crippen LogP contribution is 2.18. The SMILES string of the molecule is O=S(=O)(CCN1CCCC(Cn2cncn2)C1)c1ccccc1. The topological polar surface area (TPSA) is 68.1 Å². The predicted molar refractivity (Wildman–Crippen MR) is 87.7 cm³/mol. The molecule has 0 amide bonds. The number of benzene rings is 1. The Morgan fingerprint density at radius 2 is 2.04 bits per heavy atom. The van der Waals surface area contributed by atoms with Gasteiger partial charge in [-0.25, -0.2) is 13.4 Å². The van der Waals surface area contributed by atoms with Crippen LogP contribution in [0.1, 0.15) is 12.8 Å². The summed E-state index contributed by atoms with van der Waals surface area (Å²) in [6.07, 6.45) is 5.54. The van der Waals surface area contributed by atoms with E-state index in [0.717, 1.165) is 32.5 Å². The quantitative estimate of drug-likeness (QED) is 0.800. The molecule has 1 aromatic carbocycles. The summed E-state index contributed by atoms with van der Waals surface area (Å²) in [5, 5.41) is 4.15. The van der Waals surface area contributed by atoms with Gasteiger partial charge in [-0.2, -0.15) is 5.10 Å². The summed E-state index contributed by atoms with van der Waals surface area (Å²) in [5.74, 6) is 0.678. The third kappa shape index (κ3) is 4.39. The van der Waals surface area contributed by atoms with Gasteiger partial charge in [0, 0.05) is 19.6 Å². The Morgan fingerprint density at radius 1 is 1.22 bits per heavy atom. The van der Waals surface area contributed by atoms with E-state index in [2.05, 4.69) is 15.0 Å². The molecule has 2 aromatic rings. The fourth-order valence-corrected chi connectivity index (χ4v) is 4.40. The van der Waals surface area contributed by atoms with Crippen molar-refractivity contribution in [2.24, 2.45) is 5.92 Å². The minimum Gasteiger partial charge on any atom is -0.302 e. The summed E-state index contributed by atoms with van der Waals surface area (Å²) >= 11 is 0. The summed E-state index contributed by atoms with van der Waals surface area (Å²) in [4.78, 5) is 6.64. The van der Waals surface area contributed by atoms with Crippen LogP contribution in [0.25, 0.3) is 0 Å². The highest BCUT2D eigenvalue weighted by molar-refractivity contribution is 7.91. The van der Waals surface area contributed by atoms with Crippen molar-refractivity contribution in [2.75, 3.05) is 25.4 Å². The van der Waals surface area contributed by atoms with Gasteiger partial charge in [0.05, 0.1) is 10.6 Å². The van der Waals surface area contributed by atoms with Gasteiger partial charge >= 0.3 is 0 Å². The van der Waals surface area contributed by atoms with Gasteiger partial charge in [-0.05, 0) is 37.4 Å². The average molecular weight is 334 g/mol. The van der Waals surface area contributed by atoms with Crippen LogP contribution in [0.15, 0.2) is 47.9 Å². The molecule has 0 radical (unpaired) electrons. The summed E-state index contributed by atoms with van der Waals surface area (Å²) in [5.41, 5.74) is 0. The van der Waals surface area contributed by atoms with Crippen molar-refractivity contribution in [3.05, 3.63) is 43.0 Å². The number of piperidine rings is 1. The largest absolute Gasteiger partial charge is 0.302 e. The van der Waals surface area contributed by atoms with E-state index in [1.807, 2.05) is 10.7 Å². The van der Waals surface area contributed by atoms with Crippen LogP contribution in [0, 0.1) is 5.92 Å². The van der Waals surface area contributed by atoms with Crippen LogP contribution in [0.2, 0.25) is 0 Å². The van der Waals surface area contributed by atoms with E-state index in [0.29, 0.717) is 17.4 Å². The first-order valence-corrected chi connectivity index (χ1v) is 9.61. The van der Waals surface area contributed by atoms with Gasteiger partial charge in [0.15, 0.2) is 9.84 Å². The van der Waals surface area contributed by atoms with Crippen LogP contribution in [0.5, 0.6) is 0 Å². The molecule has 6 nitrogen and oxygen atoms in total. The summed E-state index contributed by atoms with van der Waals surface area (Å²) in [6.45, 7) is 3.33. The molecule has 2 heterocycles. The van der Waals surface area contributed by atoms with E-state index in [-0.39, 0.29) is 5.75 Å². The van der Waals surface area contributed by atoms with Crippen molar-refractivity contribution in [1.82, 2.24) is 19.7 Å². The molecule has 1 aliphatic heterocycles. The van der Waals surface area contributed by atoms with Gasteiger partial charge in [-0.15, -0.1) is 0 Å². The van der Waals surface area contributed by atoms with Crippen molar-refractivity contribution < 1.29 is 8.42 Å². The minimum absolute atomic E-state index is 0.174. The zero-order valence-electron chi connectivity index (χ0n) is 13.1. The lowest BCUT2D eigenvalue weighted by molar-refractivity contribution is 0.167. The van der Waals surface area contributed by atoms with E-state index < -0.39 is 9.84 Å². The zero-order chi connectivity index (χ0) is 16.1. The van der Waals surface area contributed by atoms with Gasteiger partial charge < -0.3 is 4.90 Å². The van der Waals surface area contributed by atoms with Crippen LogP contribution in [-0.4, -0.2) is 53.5 Å². The Bertz CT molecular complexity index is 701. The molecular weight excluding hydrogens is 312 g/mol. The smallest absolute Gasteiger partial charge is 0.179 e. The molecule has 23 heavy (non-hydrogen) atoms. The van der Waals surface area contributed by atoms with Crippen molar-refractivity contribution in [1.29, 1.82) is 0 Å². The number of rotatable bonds is 6. The lowest BCUT2D eigenvalue weighted by Crippen LogP contribution is -2.39. The molecular formula is C16H22N4O2S. The third-order valence-corrected chi connectivity index (χ3v) is 6.00. The maximum Gasteiger partial charge on any atom is 0.179 e. The maximum absolute atomic E-state index is 12.4. The molecule has 1 fully saturated rings. The molecule has 7 heteroatoms. The highest BCUT2D eigenvalue weighted by Gasteiger charge is 2.22. The first-order valence-electron chi connectivity index (χ1n) is 7.96. The average Bonchev–Trinajstić information content (AvgIpc) is 3.07. The van der Waals surface area contributed by atoms with E-state index in [4.69, 9.17) is 0 Å². The van der Waals surface area contributed by atoms with E-state index in [1.54, 1.807) is 36.9 Å². The number of nitrogens with zero attached hydrogens (tertiary/aromatic N) is 4. The Morgan fingerprint density at radius 3 is 2.78 bits per heavy atom. The van der Waals surface area contributed by atoms with Crippen molar-refractivity contribution in [3.8, 4) is 0 Å². The summed E-state index contributed by atoms with van der Waals surface area (Å²) in [7, 11) is -3.20. The van der Waals surface area contributed by atoms with Crippen LogP contribution in [0.4, 0.5) is 0 Å². The lowest BCUT2D eigenvalue weighted by atomic mass is 9.98. The molecule has 0 spiro atoms. The van der Waals surface area contributed by atoms with Gasteiger partial charge in [-0.1, -0.05) is 18.2 Å². The Kier molecular flexibility index (Phi) is 5.07. The molecule has 0 saturated carbocycles. The molecule has 0 N–H and O–H groups in total. The van der Waals surface area contributed by atoms with Gasteiger partial charge in [0.2, 0.25) is 0 Å². The highest BCUT2D eigenvalue weighted by atomic mass is 32.2. The molecule has 0 bridgehead atoms. The second-order valence-electron chi connectivity index (χ2n) is 6.06. The first-order chi connectivity index (χ1) is 11.1. The zero-order valence-corrected chi connectivity index (χ0v) is 13.9. The number of likely N-dealkylation sites (tertiary alicyclic amines) is 1. The summed E-state index contributed by atoms with van der Waals surface area (Å²) in [6, 6.07) is 8.69. The Hall–Kier alpha value is -1.73. The Labute approximate surface area is 137 Å². The van der Waals surface area contributed by atoms with Gasteiger partial charge in [-0.3, -0.25) is 4.68 Å². The minimum atomic E-state index is -3.20. The van der Waals surface area contributed by atoms with Gasteiger partial charge in [0.1, 0.15) is 12.7 Å². The van der Waals surface area contributed by atoms with Crippen LogP contribution < -0.4 is 0 Å². The maximum atomic E-state index is 12.4. The fourth-order valence-electron chi connectivity index (χ4n) is 3.09. The van der Waals surface area contributed by atoms with Crippen LogP contribution in [0.3, 0.4) is 0 Å². The molecule has 1 atom stereocenters. The van der Waals surface area contributed by atoms with Crippen molar-refractivity contribution >= 4 is 9.84 Å². The predicted octanol–water partition coefficient (Wildman–Crippen LogP) is 1.46.